The van der Waals surface area contributed by atoms with E-state index in [0.717, 1.165) is 18.4 Å². The van der Waals surface area contributed by atoms with Crippen LogP contribution in [-0.4, -0.2) is 16.5 Å². The largest absolute Gasteiger partial charge is 0.369 e. The molecule has 1 N–H and O–H groups in total. The highest BCUT2D eigenvalue weighted by molar-refractivity contribution is 5.89. The lowest BCUT2D eigenvalue weighted by molar-refractivity contribution is 0.636. The van der Waals surface area contributed by atoms with Crippen LogP contribution < -0.4 is 5.32 Å². The molecule has 0 fully saturated rings. The molecule has 15 heavy (non-hydrogen) atoms. The van der Waals surface area contributed by atoms with Crippen LogP contribution in [0.25, 0.3) is 10.9 Å². The number of hydrogen-bond donors (Lipinski definition) is 1. The molecule has 0 spiro atoms. The minimum Gasteiger partial charge on any atom is -0.369 e. The monoisotopic (exact) mass is 205 g/mol. The second kappa shape index (κ2) is 4.21. The van der Waals surface area contributed by atoms with Crippen molar-refractivity contribution >= 4 is 16.7 Å². The van der Waals surface area contributed by atoms with Gasteiger partial charge in [-0.1, -0.05) is 13.0 Å². The molecule has 4 heteroatoms. The fourth-order valence-electron chi connectivity index (χ4n) is 1.44. The number of anilines is 1. The van der Waals surface area contributed by atoms with Gasteiger partial charge in [0.1, 0.15) is 23.5 Å². The lowest BCUT2D eigenvalue weighted by Gasteiger charge is -2.06. The molecule has 0 unspecified atom stereocenters. The van der Waals surface area contributed by atoms with Crippen molar-refractivity contribution in [2.75, 3.05) is 11.9 Å². The minimum atomic E-state index is -0.311. The van der Waals surface area contributed by atoms with Crippen LogP contribution in [0.4, 0.5) is 10.2 Å². The van der Waals surface area contributed by atoms with Crippen LogP contribution >= 0.6 is 0 Å². The van der Waals surface area contributed by atoms with Crippen molar-refractivity contribution in [3.05, 3.63) is 30.3 Å². The molecule has 1 aromatic heterocycles. The van der Waals surface area contributed by atoms with Crippen LogP contribution in [0.1, 0.15) is 13.3 Å². The highest BCUT2D eigenvalue weighted by Gasteiger charge is 2.05. The second-order valence-corrected chi connectivity index (χ2v) is 3.29. The van der Waals surface area contributed by atoms with Gasteiger partial charge in [-0.3, -0.25) is 0 Å². The summed E-state index contributed by atoms with van der Waals surface area (Å²) in [5, 5.41) is 3.87. The Hall–Kier alpha value is -1.71. The van der Waals surface area contributed by atoms with E-state index in [2.05, 4.69) is 22.2 Å². The van der Waals surface area contributed by atoms with Crippen LogP contribution in [-0.2, 0) is 0 Å². The Morgan fingerprint density at radius 2 is 2.20 bits per heavy atom. The smallest absolute Gasteiger partial charge is 0.149 e. The van der Waals surface area contributed by atoms with Crippen LogP contribution in [0.2, 0.25) is 0 Å². The van der Waals surface area contributed by atoms with E-state index in [1.165, 1.54) is 12.4 Å². The average Bonchev–Trinajstić information content (AvgIpc) is 2.27. The van der Waals surface area contributed by atoms with Crippen molar-refractivity contribution in [3.63, 3.8) is 0 Å². The van der Waals surface area contributed by atoms with Gasteiger partial charge in [0.2, 0.25) is 0 Å². The number of halogens is 1. The third-order valence-corrected chi connectivity index (χ3v) is 2.16. The summed E-state index contributed by atoms with van der Waals surface area (Å²) in [7, 11) is 0. The van der Waals surface area contributed by atoms with E-state index in [1.807, 2.05) is 6.07 Å². The van der Waals surface area contributed by atoms with E-state index in [4.69, 9.17) is 0 Å². The number of nitrogens with zero attached hydrogens (tertiary/aromatic N) is 2. The van der Waals surface area contributed by atoms with Crippen molar-refractivity contribution in [3.8, 4) is 0 Å². The molecule has 0 radical (unpaired) electrons. The first-order valence-corrected chi connectivity index (χ1v) is 4.96. The third kappa shape index (κ3) is 1.88. The van der Waals surface area contributed by atoms with Gasteiger partial charge in [-0.15, -0.1) is 0 Å². The molecular weight excluding hydrogens is 193 g/mol. The lowest BCUT2D eigenvalue weighted by Crippen LogP contribution is -2.03. The summed E-state index contributed by atoms with van der Waals surface area (Å²) in [6, 6.07) is 4.88. The standard InChI is InChI=1S/C11H12FN3/c1-2-6-13-11-8-4-3-5-9(12)10(8)14-7-15-11/h3-5,7H,2,6H2,1H3,(H,13,14,15). The summed E-state index contributed by atoms with van der Waals surface area (Å²) in [5.74, 6) is 0.385. The van der Waals surface area contributed by atoms with E-state index in [9.17, 15) is 4.39 Å². The summed E-state index contributed by atoms with van der Waals surface area (Å²) < 4.78 is 13.4. The normalized spacial score (nSPS) is 10.5. The maximum absolute atomic E-state index is 13.4. The molecule has 0 amide bonds. The molecule has 0 saturated carbocycles. The SMILES string of the molecule is CCCNc1ncnc2c(F)cccc12. The highest BCUT2D eigenvalue weighted by Crippen LogP contribution is 2.20. The first kappa shape index (κ1) is 9.83. The molecule has 0 aliphatic carbocycles. The van der Waals surface area contributed by atoms with Crippen LogP contribution in [0.3, 0.4) is 0 Å². The highest BCUT2D eigenvalue weighted by atomic mass is 19.1. The van der Waals surface area contributed by atoms with Gasteiger partial charge in [0, 0.05) is 11.9 Å². The Bertz CT molecular complexity index is 470. The van der Waals surface area contributed by atoms with Gasteiger partial charge in [0.15, 0.2) is 0 Å². The predicted octanol–water partition coefficient (Wildman–Crippen LogP) is 2.59. The van der Waals surface area contributed by atoms with Gasteiger partial charge in [0.05, 0.1) is 0 Å². The third-order valence-electron chi connectivity index (χ3n) is 2.16. The maximum atomic E-state index is 13.4. The maximum Gasteiger partial charge on any atom is 0.149 e. The number of rotatable bonds is 3. The molecule has 0 atom stereocenters. The van der Waals surface area contributed by atoms with Gasteiger partial charge in [-0.05, 0) is 18.6 Å². The van der Waals surface area contributed by atoms with E-state index in [1.54, 1.807) is 6.07 Å². The predicted molar refractivity (Wildman–Crippen MR) is 58.3 cm³/mol. The Balaban J connectivity index is 2.51. The summed E-state index contributed by atoms with van der Waals surface area (Å²) in [6.45, 7) is 2.89. The number of hydrogen-bond acceptors (Lipinski definition) is 3. The van der Waals surface area contributed by atoms with Gasteiger partial charge < -0.3 is 5.32 Å². The molecule has 3 nitrogen and oxygen atoms in total. The second-order valence-electron chi connectivity index (χ2n) is 3.29. The number of para-hydroxylation sites is 1. The zero-order valence-electron chi connectivity index (χ0n) is 8.50. The van der Waals surface area contributed by atoms with Gasteiger partial charge in [0.25, 0.3) is 0 Å². The van der Waals surface area contributed by atoms with Gasteiger partial charge in [-0.2, -0.15) is 0 Å². The number of aromatic nitrogens is 2. The molecule has 2 rings (SSSR count). The van der Waals surface area contributed by atoms with Crippen molar-refractivity contribution < 1.29 is 4.39 Å². The molecule has 0 bridgehead atoms. The molecule has 1 aromatic carbocycles. The summed E-state index contributed by atoms with van der Waals surface area (Å²) in [5.41, 5.74) is 0.367. The van der Waals surface area contributed by atoms with Crippen LogP contribution in [0.5, 0.6) is 0 Å². The molecule has 0 aliphatic heterocycles. The van der Waals surface area contributed by atoms with Gasteiger partial charge >= 0.3 is 0 Å². The first-order chi connectivity index (χ1) is 7.33. The minimum absolute atomic E-state index is 0.311. The van der Waals surface area contributed by atoms with Crippen molar-refractivity contribution in [1.82, 2.24) is 9.97 Å². The Morgan fingerprint density at radius 1 is 1.33 bits per heavy atom. The number of nitrogens with one attached hydrogen (secondary N) is 1. The fraction of sp³-hybridized carbons (Fsp3) is 0.273. The average molecular weight is 205 g/mol. The first-order valence-electron chi connectivity index (χ1n) is 4.96. The molecule has 0 aliphatic rings. The molecule has 0 saturated heterocycles. The zero-order valence-corrected chi connectivity index (χ0v) is 8.50. The van der Waals surface area contributed by atoms with Crippen molar-refractivity contribution in [2.45, 2.75) is 13.3 Å². The number of benzene rings is 1. The van der Waals surface area contributed by atoms with Crippen LogP contribution in [0.15, 0.2) is 24.5 Å². The molecule has 78 valence electrons. The fourth-order valence-corrected chi connectivity index (χ4v) is 1.44. The zero-order chi connectivity index (χ0) is 10.7. The van der Waals surface area contributed by atoms with E-state index < -0.39 is 0 Å². The quantitative estimate of drug-likeness (QED) is 0.836. The Kier molecular flexibility index (Phi) is 2.76. The summed E-state index contributed by atoms with van der Waals surface area (Å²) in [6.07, 6.45) is 2.38. The molecular formula is C11H12FN3. The van der Waals surface area contributed by atoms with Crippen LogP contribution in [0, 0.1) is 5.82 Å². The lowest BCUT2D eigenvalue weighted by atomic mass is 10.2. The van der Waals surface area contributed by atoms with Crippen molar-refractivity contribution in [2.24, 2.45) is 0 Å². The molecule has 1 heterocycles. The summed E-state index contributed by atoms with van der Waals surface area (Å²) >= 11 is 0. The van der Waals surface area contributed by atoms with E-state index in [-0.39, 0.29) is 5.82 Å². The topological polar surface area (TPSA) is 37.8 Å². The Morgan fingerprint density at radius 3 is 3.00 bits per heavy atom. The Labute approximate surface area is 87.4 Å². The van der Waals surface area contributed by atoms with E-state index >= 15 is 0 Å². The summed E-state index contributed by atoms with van der Waals surface area (Å²) in [4.78, 5) is 8.02. The van der Waals surface area contributed by atoms with E-state index in [0.29, 0.717) is 11.3 Å². The van der Waals surface area contributed by atoms with Crippen molar-refractivity contribution in [1.29, 1.82) is 0 Å². The number of fused-ring (bicyclic) bond motifs is 1. The molecule has 2 aromatic rings. The van der Waals surface area contributed by atoms with Gasteiger partial charge in [-0.25, -0.2) is 14.4 Å².